The van der Waals surface area contributed by atoms with Crippen LogP contribution >= 0.6 is 39.1 Å². The molecule has 1 unspecified atom stereocenters. The van der Waals surface area contributed by atoms with E-state index in [4.69, 9.17) is 23.2 Å². The summed E-state index contributed by atoms with van der Waals surface area (Å²) in [7, 11) is 0. The molecule has 3 rings (SSSR count). The van der Waals surface area contributed by atoms with Crippen LogP contribution in [0.25, 0.3) is 5.82 Å². The van der Waals surface area contributed by atoms with Gasteiger partial charge in [0.15, 0.2) is 5.82 Å². The van der Waals surface area contributed by atoms with E-state index >= 15 is 0 Å². The number of halogens is 3. The molecule has 0 aliphatic rings. The zero-order valence-corrected chi connectivity index (χ0v) is 20.5. The van der Waals surface area contributed by atoms with E-state index in [0.717, 1.165) is 0 Å². The summed E-state index contributed by atoms with van der Waals surface area (Å²) in [5.41, 5.74) is 1.46. The standard InChI is InChI=1S/C21H22BrCl2N5O2/c1-11-8-12(23)9-13(19(30)27-21(2,3)4)17(11)26-20(31)15-10-16(22)28-29(15)18-14(24)6-5-7-25-18/h5-10,19,27,30H,1-4H3,(H,26,31). The van der Waals surface area contributed by atoms with Crippen LogP contribution in [0, 0.1) is 6.92 Å². The number of hydrogen-bond donors (Lipinski definition) is 3. The van der Waals surface area contributed by atoms with Gasteiger partial charge in [0.25, 0.3) is 5.91 Å². The number of nitrogens with zero attached hydrogens (tertiary/aromatic N) is 3. The first-order valence-electron chi connectivity index (χ1n) is 9.40. The van der Waals surface area contributed by atoms with Crippen molar-refractivity contribution in [1.29, 1.82) is 0 Å². The SMILES string of the molecule is Cc1cc(Cl)cc(C(O)NC(C)(C)C)c1NC(=O)c1cc(Br)nn1-c1ncccc1Cl. The first-order chi connectivity index (χ1) is 14.5. The van der Waals surface area contributed by atoms with Crippen LogP contribution in [0.5, 0.6) is 0 Å². The highest BCUT2D eigenvalue weighted by Crippen LogP contribution is 2.31. The number of rotatable bonds is 5. The van der Waals surface area contributed by atoms with Gasteiger partial charge in [-0.3, -0.25) is 10.1 Å². The van der Waals surface area contributed by atoms with E-state index in [1.807, 2.05) is 20.8 Å². The van der Waals surface area contributed by atoms with E-state index in [0.29, 0.717) is 37.3 Å². The third-order valence-electron chi connectivity index (χ3n) is 4.29. The average Bonchev–Trinajstić information content (AvgIpc) is 3.04. The van der Waals surface area contributed by atoms with Gasteiger partial charge in [0.1, 0.15) is 16.5 Å². The predicted molar refractivity (Wildman–Crippen MR) is 126 cm³/mol. The first kappa shape index (κ1) is 23.7. The van der Waals surface area contributed by atoms with Crippen LogP contribution < -0.4 is 10.6 Å². The minimum atomic E-state index is -1.05. The second-order valence-corrected chi connectivity index (χ2v) is 9.67. The molecule has 0 spiro atoms. The zero-order chi connectivity index (χ0) is 22.9. The maximum Gasteiger partial charge on any atom is 0.274 e. The van der Waals surface area contributed by atoms with E-state index in [1.54, 1.807) is 43.5 Å². The number of hydrogen-bond acceptors (Lipinski definition) is 5. The van der Waals surface area contributed by atoms with Crippen molar-refractivity contribution in [1.82, 2.24) is 20.1 Å². The summed E-state index contributed by atoms with van der Waals surface area (Å²) in [5.74, 6) is -0.128. The van der Waals surface area contributed by atoms with E-state index in [-0.39, 0.29) is 11.2 Å². The summed E-state index contributed by atoms with van der Waals surface area (Å²) >= 11 is 15.8. The van der Waals surface area contributed by atoms with Crippen molar-refractivity contribution < 1.29 is 9.90 Å². The second-order valence-electron chi connectivity index (χ2n) is 8.01. The van der Waals surface area contributed by atoms with Crippen molar-refractivity contribution in [2.24, 2.45) is 0 Å². The Hall–Kier alpha value is -1.97. The van der Waals surface area contributed by atoms with Crippen LogP contribution in [-0.4, -0.2) is 31.3 Å². The summed E-state index contributed by atoms with van der Waals surface area (Å²) < 4.78 is 1.80. The zero-order valence-electron chi connectivity index (χ0n) is 17.4. The lowest BCUT2D eigenvalue weighted by Gasteiger charge is -2.27. The highest BCUT2D eigenvalue weighted by atomic mass is 79.9. The normalized spacial score (nSPS) is 12.6. The average molecular weight is 527 g/mol. The number of aliphatic hydroxyl groups excluding tert-OH is 1. The number of carbonyl (C=O) groups excluding carboxylic acids is 1. The van der Waals surface area contributed by atoms with Gasteiger partial charge in [0, 0.05) is 28.4 Å². The lowest BCUT2D eigenvalue weighted by atomic mass is 10.0. The number of nitrogens with one attached hydrogen (secondary N) is 2. The number of aromatic nitrogens is 3. The van der Waals surface area contributed by atoms with Crippen LogP contribution in [0.3, 0.4) is 0 Å². The Morgan fingerprint density at radius 3 is 2.61 bits per heavy atom. The summed E-state index contributed by atoms with van der Waals surface area (Å²) in [6.45, 7) is 7.59. The molecule has 1 aromatic carbocycles. The molecule has 164 valence electrons. The second kappa shape index (κ2) is 9.26. The molecule has 0 bridgehead atoms. The van der Waals surface area contributed by atoms with Crippen molar-refractivity contribution in [2.75, 3.05) is 5.32 Å². The monoisotopic (exact) mass is 525 g/mol. The Labute approximate surface area is 198 Å². The molecule has 1 amide bonds. The van der Waals surface area contributed by atoms with Crippen molar-refractivity contribution >= 4 is 50.7 Å². The number of anilines is 1. The third kappa shape index (κ3) is 5.64. The number of pyridine rings is 1. The third-order valence-corrected chi connectivity index (χ3v) is 5.19. The Morgan fingerprint density at radius 2 is 1.97 bits per heavy atom. The fourth-order valence-corrected chi connectivity index (χ4v) is 3.89. The first-order valence-corrected chi connectivity index (χ1v) is 10.9. The largest absolute Gasteiger partial charge is 0.374 e. The van der Waals surface area contributed by atoms with E-state index in [2.05, 4.69) is 36.6 Å². The molecule has 0 aliphatic carbocycles. The van der Waals surface area contributed by atoms with Gasteiger partial charge in [-0.05, 0) is 73.5 Å². The van der Waals surface area contributed by atoms with Crippen LogP contribution in [0.15, 0.2) is 41.1 Å². The van der Waals surface area contributed by atoms with Crippen LogP contribution in [0.1, 0.15) is 48.6 Å². The number of aliphatic hydroxyl groups is 1. The lowest BCUT2D eigenvalue weighted by Crippen LogP contribution is -2.39. The molecule has 7 nitrogen and oxygen atoms in total. The van der Waals surface area contributed by atoms with Crippen molar-refractivity contribution in [3.63, 3.8) is 0 Å². The highest BCUT2D eigenvalue weighted by molar-refractivity contribution is 9.10. The van der Waals surface area contributed by atoms with Gasteiger partial charge in [-0.15, -0.1) is 0 Å². The molecule has 0 radical (unpaired) electrons. The predicted octanol–water partition coefficient (Wildman–Crippen LogP) is 5.28. The minimum Gasteiger partial charge on any atom is -0.374 e. The van der Waals surface area contributed by atoms with Crippen LogP contribution in [-0.2, 0) is 0 Å². The molecule has 3 N–H and O–H groups in total. The van der Waals surface area contributed by atoms with Gasteiger partial charge >= 0.3 is 0 Å². The molecule has 3 aromatic rings. The molecule has 0 aliphatic heterocycles. The van der Waals surface area contributed by atoms with Gasteiger partial charge in [-0.25, -0.2) is 9.67 Å². The summed E-state index contributed by atoms with van der Waals surface area (Å²) in [5, 5.41) is 21.8. The minimum absolute atomic E-state index is 0.214. The molecule has 31 heavy (non-hydrogen) atoms. The number of amides is 1. The molecular formula is C21H22BrCl2N5O2. The molecule has 0 saturated carbocycles. The van der Waals surface area contributed by atoms with Crippen molar-refractivity contribution in [2.45, 2.75) is 39.5 Å². The van der Waals surface area contributed by atoms with E-state index in [1.165, 1.54) is 4.68 Å². The van der Waals surface area contributed by atoms with E-state index < -0.39 is 12.1 Å². The Morgan fingerprint density at radius 1 is 1.26 bits per heavy atom. The molecule has 0 saturated heterocycles. The summed E-state index contributed by atoms with van der Waals surface area (Å²) in [6, 6.07) is 8.26. The molecule has 2 heterocycles. The van der Waals surface area contributed by atoms with Gasteiger partial charge in [0.2, 0.25) is 0 Å². The fourth-order valence-electron chi connectivity index (χ4n) is 3.03. The lowest BCUT2D eigenvalue weighted by molar-refractivity contribution is 0.101. The smallest absolute Gasteiger partial charge is 0.274 e. The van der Waals surface area contributed by atoms with Gasteiger partial charge in [0.05, 0.1) is 10.7 Å². The maximum absolute atomic E-state index is 13.2. The molecule has 10 heteroatoms. The van der Waals surface area contributed by atoms with Crippen LogP contribution in [0.4, 0.5) is 5.69 Å². The Balaban J connectivity index is 2.01. The molecular weight excluding hydrogens is 505 g/mol. The molecule has 1 atom stereocenters. The van der Waals surface area contributed by atoms with Crippen molar-refractivity contribution in [3.8, 4) is 5.82 Å². The number of aryl methyl sites for hydroxylation is 1. The maximum atomic E-state index is 13.2. The number of benzene rings is 1. The van der Waals surface area contributed by atoms with Gasteiger partial charge in [-0.2, -0.15) is 5.10 Å². The molecule has 2 aromatic heterocycles. The Bertz CT molecular complexity index is 1130. The van der Waals surface area contributed by atoms with Crippen molar-refractivity contribution in [3.05, 3.63) is 68.0 Å². The Kier molecular flexibility index (Phi) is 7.08. The topological polar surface area (TPSA) is 92.1 Å². The fraction of sp³-hybridized carbons (Fsp3) is 0.286. The van der Waals surface area contributed by atoms with Gasteiger partial charge in [-0.1, -0.05) is 23.2 Å². The summed E-state index contributed by atoms with van der Waals surface area (Å²) in [4.78, 5) is 17.5. The van der Waals surface area contributed by atoms with E-state index in [9.17, 15) is 9.90 Å². The number of carbonyl (C=O) groups is 1. The quantitative estimate of drug-likeness (QED) is 0.393. The molecule has 0 fully saturated rings. The van der Waals surface area contributed by atoms with Crippen LogP contribution in [0.2, 0.25) is 10.0 Å². The highest BCUT2D eigenvalue weighted by Gasteiger charge is 2.24. The summed E-state index contributed by atoms with van der Waals surface area (Å²) in [6.07, 6.45) is 0.517. The van der Waals surface area contributed by atoms with Gasteiger partial charge < -0.3 is 10.4 Å².